The lowest BCUT2D eigenvalue weighted by molar-refractivity contribution is 0.110. The van der Waals surface area contributed by atoms with E-state index in [0.29, 0.717) is 35.3 Å². The minimum Gasteiger partial charge on any atom is -0.507 e. The summed E-state index contributed by atoms with van der Waals surface area (Å²) < 4.78 is 5.45. The number of nitrogen functional groups attached to an aromatic ring is 1. The molecule has 0 saturated carbocycles. The summed E-state index contributed by atoms with van der Waals surface area (Å²) in [5.74, 6) is 7.16. The molecule has 3 aliphatic rings. The van der Waals surface area contributed by atoms with Gasteiger partial charge in [0.25, 0.3) is 0 Å². The molecule has 0 amide bonds. The maximum absolute atomic E-state index is 10.3. The van der Waals surface area contributed by atoms with Gasteiger partial charge >= 0.3 is 0 Å². The Bertz CT molecular complexity index is 1360. The molecule has 6 rings (SSSR count). The van der Waals surface area contributed by atoms with Gasteiger partial charge in [0.2, 0.25) is 0 Å². The number of para-hydroxylation sites is 1. The summed E-state index contributed by atoms with van der Waals surface area (Å²) in [5, 5.41) is 18.8. The second kappa shape index (κ2) is 10.5. The van der Waals surface area contributed by atoms with Gasteiger partial charge in [-0.15, -0.1) is 10.2 Å². The van der Waals surface area contributed by atoms with Crippen molar-refractivity contribution in [2.24, 2.45) is 0 Å². The maximum Gasteiger partial charge on any atom is 0.169 e. The van der Waals surface area contributed by atoms with Crippen LogP contribution < -0.4 is 15.5 Å². The van der Waals surface area contributed by atoms with E-state index in [9.17, 15) is 5.11 Å². The molecule has 3 aliphatic heterocycles. The molecule has 0 radical (unpaired) electrons. The van der Waals surface area contributed by atoms with Gasteiger partial charge in [0.1, 0.15) is 11.4 Å². The first kappa shape index (κ1) is 24.5. The number of hydrogen-bond donors (Lipinski definition) is 2. The van der Waals surface area contributed by atoms with Crippen molar-refractivity contribution in [3.63, 3.8) is 0 Å². The Balaban J connectivity index is 1.17. The van der Waals surface area contributed by atoms with Crippen LogP contribution in [0.2, 0.25) is 0 Å². The van der Waals surface area contributed by atoms with E-state index in [0.717, 1.165) is 63.4 Å². The maximum atomic E-state index is 10.3. The highest BCUT2D eigenvalue weighted by atomic mass is 16.5. The number of fused-ring (bicyclic) bond motifs is 2. The third-order valence-electron chi connectivity index (χ3n) is 7.93. The zero-order chi connectivity index (χ0) is 26.1. The fraction of sp³-hybridized carbons (Fsp3) is 0.414. The molecule has 9 nitrogen and oxygen atoms in total. The van der Waals surface area contributed by atoms with E-state index in [1.807, 2.05) is 24.4 Å². The molecular formula is C29H33N7O2. The first-order chi connectivity index (χ1) is 18.6. The molecule has 3 atom stereocenters. The Morgan fingerprint density at radius 1 is 1.05 bits per heavy atom. The van der Waals surface area contributed by atoms with Gasteiger partial charge in [-0.2, -0.15) is 0 Å². The van der Waals surface area contributed by atoms with Crippen LogP contribution in [-0.4, -0.2) is 83.2 Å². The number of pyridine rings is 1. The molecule has 2 bridgehead atoms. The van der Waals surface area contributed by atoms with Gasteiger partial charge in [-0.1, -0.05) is 18.1 Å². The lowest BCUT2D eigenvalue weighted by Gasteiger charge is -2.43. The summed E-state index contributed by atoms with van der Waals surface area (Å²) >= 11 is 0. The summed E-state index contributed by atoms with van der Waals surface area (Å²) in [6.45, 7) is 4.38. The van der Waals surface area contributed by atoms with Gasteiger partial charge in [0.05, 0.1) is 24.0 Å². The molecule has 9 heteroatoms. The zero-order valence-electron chi connectivity index (χ0n) is 21.6. The SMILES string of the molecule is CO[C@H]1CCN(CC#Cc2cc(N3C4CCC3CN(c3cc(-c5ccccc5O)nnc3N)C4)ccn2)C1. The molecular weight excluding hydrogens is 478 g/mol. The second-order valence-electron chi connectivity index (χ2n) is 10.3. The van der Waals surface area contributed by atoms with Crippen LogP contribution in [0.25, 0.3) is 11.3 Å². The van der Waals surface area contributed by atoms with Crippen molar-refractivity contribution < 1.29 is 9.84 Å². The summed E-state index contributed by atoms with van der Waals surface area (Å²) in [5.41, 5.74) is 10.4. The first-order valence-electron chi connectivity index (χ1n) is 13.2. The fourth-order valence-corrected chi connectivity index (χ4v) is 6.01. The predicted molar refractivity (Wildman–Crippen MR) is 148 cm³/mol. The number of piperazine rings is 1. The summed E-state index contributed by atoms with van der Waals surface area (Å²) in [6.07, 6.45) is 5.49. The number of benzene rings is 1. The van der Waals surface area contributed by atoms with Gasteiger partial charge in [-0.3, -0.25) is 4.90 Å². The van der Waals surface area contributed by atoms with Crippen LogP contribution in [0.15, 0.2) is 48.7 Å². The number of rotatable bonds is 5. The third kappa shape index (κ3) is 4.85. The number of methoxy groups -OCH3 is 1. The molecule has 3 aromatic rings. The van der Waals surface area contributed by atoms with E-state index in [2.05, 4.69) is 53.9 Å². The van der Waals surface area contributed by atoms with Crippen LogP contribution in [0.1, 0.15) is 25.0 Å². The van der Waals surface area contributed by atoms with Gasteiger partial charge in [-0.05, 0) is 55.5 Å². The molecule has 3 fully saturated rings. The Labute approximate surface area is 223 Å². The van der Waals surface area contributed by atoms with E-state index in [1.54, 1.807) is 19.2 Å². The number of aromatic hydroxyl groups is 1. The summed E-state index contributed by atoms with van der Waals surface area (Å²) in [6, 6.07) is 14.0. The van der Waals surface area contributed by atoms with Gasteiger partial charge in [-0.25, -0.2) is 4.98 Å². The number of aromatic nitrogens is 3. The predicted octanol–water partition coefficient (Wildman–Crippen LogP) is 2.76. The molecule has 196 valence electrons. The largest absolute Gasteiger partial charge is 0.507 e. The van der Waals surface area contributed by atoms with Gasteiger partial charge < -0.3 is 25.4 Å². The van der Waals surface area contributed by atoms with Crippen molar-refractivity contribution in [2.75, 3.05) is 55.4 Å². The average molecular weight is 512 g/mol. The molecule has 2 unspecified atom stereocenters. The number of hydrogen-bond acceptors (Lipinski definition) is 9. The Kier molecular flexibility index (Phi) is 6.75. The van der Waals surface area contributed by atoms with Crippen molar-refractivity contribution in [3.8, 4) is 28.8 Å². The van der Waals surface area contributed by atoms with Crippen LogP contribution in [0.5, 0.6) is 5.75 Å². The van der Waals surface area contributed by atoms with Crippen molar-refractivity contribution in [2.45, 2.75) is 37.5 Å². The van der Waals surface area contributed by atoms with E-state index in [-0.39, 0.29) is 5.75 Å². The molecule has 1 aromatic carbocycles. The number of likely N-dealkylation sites (tertiary alicyclic amines) is 1. The molecule has 3 N–H and O–H groups in total. The van der Waals surface area contributed by atoms with Gasteiger partial charge in [0, 0.05) is 62.8 Å². The minimum absolute atomic E-state index is 0.179. The molecule has 0 aliphatic carbocycles. The van der Waals surface area contributed by atoms with Crippen LogP contribution in [0.3, 0.4) is 0 Å². The Morgan fingerprint density at radius 3 is 2.63 bits per heavy atom. The topological polar surface area (TPSA) is 104 Å². The van der Waals surface area contributed by atoms with Crippen molar-refractivity contribution in [1.82, 2.24) is 20.1 Å². The number of phenolic OH excluding ortho intramolecular Hbond substituents is 1. The number of ether oxygens (including phenoxy) is 1. The fourth-order valence-electron chi connectivity index (χ4n) is 6.01. The number of anilines is 3. The number of nitrogens with zero attached hydrogens (tertiary/aromatic N) is 6. The average Bonchev–Trinajstić information content (AvgIpc) is 3.50. The number of nitrogens with two attached hydrogens (primary N) is 1. The normalized spacial score (nSPS) is 22.9. The minimum atomic E-state index is 0.179. The smallest absolute Gasteiger partial charge is 0.169 e. The Morgan fingerprint density at radius 2 is 1.87 bits per heavy atom. The van der Waals surface area contributed by atoms with Crippen molar-refractivity contribution in [3.05, 3.63) is 54.4 Å². The second-order valence-corrected chi connectivity index (χ2v) is 10.3. The lowest BCUT2D eigenvalue weighted by Crippen LogP contribution is -2.54. The zero-order valence-corrected chi connectivity index (χ0v) is 21.6. The van der Waals surface area contributed by atoms with E-state index < -0.39 is 0 Å². The molecule has 3 saturated heterocycles. The standard InChI is InChI=1S/C29H33N7O2/c1-38-24-11-14-34(19-24)13-4-5-20-15-21(10-12-31-20)36-22-8-9-23(36)18-35(17-22)27-16-26(32-33-29(27)30)25-6-2-3-7-28(25)37/h2-3,6-7,10,12,15-16,22-24,37H,8-9,11,13-14,17-19H2,1H3,(H2,30,33)/t22?,23?,24-/m0/s1. The molecule has 38 heavy (non-hydrogen) atoms. The monoisotopic (exact) mass is 511 g/mol. The highest BCUT2D eigenvalue weighted by molar-refractivity contribution is 5.74. The summed E-state index contributed by atoms with van der Waals surface area (Å²) in [7, 11) is 1.78. The highest BCUT2D eigenvalue weighted by Crippen LogP contribution is 2.39. The molecule has 5 heterocycles. The van der Waals surface area contributed by atoms with Crippen LogP contribution in [0, 0.1) is 11.8 Å². The lowest BCUT2D eigenvalue weighted by atomic mass is 10.1. The van der Waals surface area contributed by atoms with Crippen LogP contribution >= 0.6 is 0 Å². The molecule has 0 spiro atoms. The quantitative estimate of drug-likeness (QED) is 0.501. The molecule has 2 aromatic heterocycles. The summed E-state index contributed by atoms with van der Waals surface area (Å²) in [4.78, 5) is 11.7. The van der Waals surface area contributed by atoms with Crippen LogP contribution in [-0.2, 0) is 4.74 Å². The van der Waals surface area contributed by atoms with E-state index in [1.165, 1.54) is 5.69 Å². The van der Waals surface area contributed by atoms with Crippen LogP contribution in [0.4, 0.5) is 17.2 Å². The highest BCUT2D eigenvalue weighted by Gasteiger charge is 2.40. The van der Waals surface area contributed by atoms with E-state index >= 15 is 0 Å². The van der Waals surface area contributed by atoms with Crippen molar-refractivity contribution in [1.29, 1.82) is 0 Å². The van der Waals surface area contributed by atoms with Gasteiger partial charge in [0.15, 0.2) is 5.82 Å². The van der Waals surface area contributed by atoms with E-state index in [4.69, 9.17) is 10.5 Å². The number of phenols is 1. The first-order valence-corrected chi connectivity index (χ1v) is 13.2. The third-order valence-corrected chi connectivity index (χ3v) is 7.93. The Hall–Kier alpha value is -3.87. The van der Waals surface area contributed by atoms with Crippen molar-refractivity contribution >= 4 is 17.2 Å².